The Labute approximate surface area is 157 Å². The number of carbonyl (C=O) groups excluding carboxylic acids is 1. The molecule has 7 nitrogen and oxygen atoms in total. The maximum atomic E-state index is 12.3. The van der Waals surface area contributed by atoms with Crippen LogP contribution in [0.25, 0.3) is 6.08 Å². The number of nitro groups is 1. The number of nitrogens with zero attached hydrogens (tertiary/aromatic N) is 4. The average molecular weight is 364 g/mol. The summed E-state index contributed by atoms with van der Waals surface area (Å²) in [5.41, 5.74) is 0.544. The van der Waals surface area contributed by atoms with Crippen molar-refractivity contribution >= 4 is 23.5 Å². The zero-order valence-corrected chi connectivity index (χ0v) is 14.8. The number of para-hydroxylation sites is 1. The van der Waals surface area contributed by atoms with Crippen molar-refractivity contribution in [1.29, 1.82) is 0 Å². The van der Waals surface area contributed by atoms with Crippen molar-refractivity contribution in [3.8, 4) is 0 Å². The molecule has 138 valence electrons. The lowest BCUT2D eigenvalue weighted by Gasteiger charge is -2.34. The van der Waals surface area contributed by atoms with Gasteiger partial charge in [0.2, 0.25) is 5.91 Å². The lowest BCUT2D eigenvalue weighted by Crippen LogP contribution is -2.48. The van der Waals surface area contributed by atoms with E-state index in [2.05, 4.69) is 9.88 Å². The molecule has 1 fully saturated rings. The highest BCUT2D eigenvalue weighted by molar-refractivity contribution is 5.88. The van der Waals surface area contributed by atoms with E-state index < -0.39 is 4.92 Å². The highest BCUT2D eigenvalue weighted by Gasteiger charge is 2.20. The van der Waals surface area contributed by atoms with Crippen molar-refractivity contribution in [2.24, 2.45) is 0 Å². The van der Waals surface area contributed by atoms with Gasteiger partial charge < -0.3 is 9.80 Å². The molecular weight excluding hydrogens is 344 g/mol. The van der Waals surface area contributed by atoms with Crippen LogP contribution in [-0.4, -0.2) is 46.9 Å². The van der Waals surface area contributed by atoms with E-state index in [0.717, 1.165) is 18.9 Å². The van der Waals surface area contributed by atoms with Crippen LogP contribution in [0.1, 0.15) is 5.56 Å². The summed E-state index contributed by atoms with van der Waals surface area (Å²) in [5.74, 6) is 0.857. The Balaban J connectivity index is 1.53. The number of piperazine rings is 1. The SMILES string of the molecule is O=C(/C=C/C=C/c1ccccc1[N+](=O)[O-])N1CCN(c2ccccn2)CC1. The van der Waals surface area contributed by atoms with Crippen LogP contribution in [0.5, 0.6) is 0 Å². The maximum Gasteiger partial charge on any atom is 0.276 e. The average Bonchev–Trinajstić information content (AvgIpc) is 2.72. The molecule has 0 aliphatic carbocycles. The molecule has 0 radical (unpaired) electrons. The van der Waals surface area contributed by atoms with E-state index in [1.165, 1.54) is 12.1 Å². The quantitative estimate of drug-likeness (QED) is 0.353. The third-order valence-corrected chi connectivity index (χ3v) is 4.32. The first-order valence-corrected chi connectivity index (χ1v) is 8.68. The minimum absolute atomic E-state index is 0.0409. The van der Waals surface area contributed by atoms with Crippen molar-refractivity contribution in [2.45, 2.75) is 0 Å². The molecule has 1 aliphatic heterocycles. The Bertz CT molecular complexity index is 857. The minimum Gasteiger partial charge on any atom is -0.353 e. The van der Waals surface area contributed by atoms with Crippen molar-refractivity contribution < 1.29 is 9.72 Å². The second-order valence-corrected chi connectivity index (χ2v) is 6.03. The fourth-order valence-corrected chi connectivity index (χ4v) is 2.89. The summed E-state index contributed by atoms with van der Waals surface area (Å²) in [6.07, 6.45) is 8.14. The van der Waals surface area contributed by atoms with E-state index in [1.807, 2.05) is 18.2 Å². The number of amides is 1. The largest absolute Gasteiger partial charge is 0.353 e. The van der Waals surface area contributed by atoms with Gasteiger partial charge in [-0.3, -0.25) is 14.9 Å². The number of pyridine rings is 1. The molecule has 0 atom stereocenters. The molecule has 1 saturated heterocycles. The Morgan fingerprint density at radius 2 is 1.78 bits per heavy atom. The Morgan fingerprint density at radius 3 is 2.48 bits per heavy atom. The summed E-state index contributed by atoms with van der Waals surface area (Å²) in [4.78, 5) is 31.1. The predicted octanol–water partition coefficient (Wildman–Crippen LogP) is 2.91. The molecule has 1 aliphatic rings. The van der Waals surface area contributed by atoms with Gasteiger partial charge in [0.1, 0.15) is 5.82 Å². The third-order valence-electron chi connectivity index (χ3n) is 4.32. The normalized spacial score (nSPS) is 14.8. The number of anilines is 1. The molecule has 0 unspecified atom stereocenters. The highest BCUT2D eigenvalue weighted by atomic mass is 16.6. The van der Waals surface area contributed by atoms with Crippen LogP contribution < -0.4 is 4.90 Å². The fourth-order valence-electron chi connectivity index (χ4n) is 2.89. The second-order valence-electron chi connectivity index (χ2n) is 6.03. The van der Waals surface area contributed by atoms with E-state index >= 15 is 0 Å². The summed E-state index contributed by atoms with van der Waals surface area (Å²) in [5, 5.41) is 11.0. The number of aromatic nitrogens is 1. The standard InChI is InChI=1S/C20H20N4O3/c25-20(11-4-2-8-17-7-1-3-9-18(17)24(26)27)23-15-13-22(14-16-23)19-10-5-6-12-21-19/h1-12H,13-16H2/b8-2+,11-4+. The third kappa shape index (κ3) is 4.78. The van der Waals surface area contributed by atoms with Crippen LogP contribution in [0, 0.1) is 10.1 Å². The number of carbonyl (C=O) groups is 1. The van der Waals surface area contributed by atoms with Gasteiger partial charge in [-0.2, -0.15) is 0 Å². The highest BCUT2D eigenvalue weighted by Crippen LogP contribution is 2.19. The zero-order valence-electron chi connectivity index (χ0n) is 14.8. The lowest BCUT2D eigenvalue weighted by molar-refractivity contribution is -0.385. The monoisotopic (exact) mass is 364 g/mol. The topological polar surface area (TPSA) is 79.6 Å². The number of hydrogen-bond donors (Lipinski definition) is 0. The number of rotatable bonds is 5. The molecule has 3 rings (SSSR count). The first kappa shape index (κ1) is 18.3. The number of benzene rings is 1. The van der Waals surface area contributed by atoms with Crippen LogP contribution >= 0.6 is 0 Å². The molecule has 0 N–H and O–H groups in total. The molecule has 2 aromatic rings. The first-order chi connectivity index (χ1) is 13.1. The Hall–Kier alpha value is -3.48. The van der Waals surface area contributed by atoms with Gasteiger partial charge >= 0.3 is 0 Å². The van der Waals surface area contributed by atoms with Gasteiger partial charge in [0.25, 0.3) is 5.69 Å². The van der Waals surface area contributed by atoms with Crippen LogP contribution in [0.3, 0.4) is 0 Å². The number of allylic oxidation sites excluding steroid dienone is 2. The molecule has 1 aromatic heterocycles. The Kier molecular flexibility index (Phi) is 5.94. The van der Waals surface area contributed by atoms with Gasteiger partial charge in [-0.15, -0.1) is 0 Å². The summed E-state index contributed by atoms with van der Waals surface area (Å²) in [7, 11) is 0. The molecule has 2 heterocycles. The molecule has 1 amide bonds. The first-order valence-electron chi connectivity index (χ1n) is 8.68. The Morgan fingerprint density at radius 1 is 1.04 bits per heavy atom. The fraction of sp³-hybridized carbons (Fsp3) is 0.200. The molecule has 27 heavy (non-hydrogen) atoms. The smallest absolute Gasteiger partial charge is 0.276 e. The molecule has 7 heteroatoms. The summed E-state index contributed by atoms with van der Waals surface area (Å²) in [6.45, 7) is 2.74. The van der Waals surface area contributed by atoms with Gasteiger partial charge in [0.05, 0.1) is 10.5 Å². The minimum atomic E-state index is -0.421. The number of nitro benzene ring substituents is 1. The van der Waals surface area contributed by atoms with Gasteiger partial charge in [0, 0.05) is 44.5 Å². The van der Waals surface area contributed by atoms with E-state index in [1.54, 1.807) is 47.5 Å². The lowest BCUT2D eigenvalue weighted by atomic mass is 10.1. The van der Waals surface area contributed by atoms with Crippen molar-refractivity contribution in [1.82, 2.24) is 9.88 Å². The molecule has 0 saturated carbocycles. The predicted molar refractivity (Wildman–Crippen MR) is 104 cm³/mol. The van der Waals surface area contributed by atoms with Crippen molar-refractivity contribution in [3.05, 3.63) is 82.6 Å². The maximum absolute atomic E-state index is 12.3. The van der Waals surface area contributed by atoms with Gasteiger partial charge in [-0.05, 0) is 24.3 Å². The van der Waals surface area contributed by atoms with Gasteiger partial charge in [-0.1, -0.05) is 30.4 Å². The van der Waals surface area contributed by atoms with Crippen LogP contribution in [0.4, 0.5) is 11.5 Å². The van der Waals surface area contributed by atoms with E-state index in [4.69, 9.17) is 0 Å². The molecule has 0 bridgehead atoms. The zero-order chi connectivity index (χ0) is 19.1. The van der Waals surface area contributed by atoms with Crippen LogP contribution in [0.15, 0.2) is 66.9 Å². The van der Waals surface area contributed by atoms with Crippen LogP contribution in [-0.2, 0) is 4.79 Å². The molecule has 1 aromatic carbocycles. The van der Waals surface area contributed by atoms with E-state index in [0.29, 0.717) is 18.7 Å². The second kappa shape index (κ2) is 8.75. The van der Waals surface area contributed by atoms with Crippen LogP contribution in [0.2, 0.25) is 0 Å². The number of hydrogen-bond acceptors (Lipinski definition) is 5. The molecule has 0 spiro atoms. The summed E-state index contributed by atoms with van der Waals surface area (Å²) >= 11 is 0. The van der Waals surface area contributed by atoms with Crippen molar-refractivity contribution in [2.75, 3.05) is 31.1 Å². The van der Waals surface area contributed by atoms with Crippen molar-refractivity contribution in [3.63, 3.8) is 0 Å². The van der Waals surface area contributed by atoms with Gasteiger partial charge in [-0.25, -0.2) is 4.98 Å². The molecular formula is C20H20N4O3. The summed E-state index contributed by atoms with van der Waals surface area (Å²) < 4.78 is 0. The van der Waals surface area contributed by atoms with Gasteiger partial charge in [0.15, 0.2) is 0 Å². The summed E-state index contributed by atoms with van der Waals surface area (Å²) in [6, 6.07) is 12.3. The van der Waals surface area contributed by atoms with E-state index in [-0.39, 0.29) is 11.6 Å². The van der Waals surface area contributed by atoms with E-state index in [9.17, 15) is 14.9 Å².